The molecule has 3 aromatic rings. The van der Waals surface area contributed by atoms with Gasteiger partial charge in [-0.3, -0.25) is 9.91 Å². The van der Waals surface area contributed by atoms with Gasteiger partial charge in [-0.15, -0.1) is 10.2 Å². The van der Waals surface area contributed by atoms with E-state index in [4.69, 9.17) is 5.73 Å². The molecule has 0 radical (unpaired) electrons. The summed E-state index contributed by atoms with van der Waals surface area (Å²) in [5.41, 5.74) is 10.5. The summed E-state index contributed by atoms with van der Waals surface area (Å²) >= 11 is 0. The maximum absolute atomic E-state index is 9.55. The lowest BCUT2D eigenvalue weighted by Gasteiger charge is -2.26. The summed E-state index contributed by atoms with van der Waals surface area (Å²) in [5, 5.41) is 19.5. The Balaban J connectivity index is 1.67. The van der Waals surface area contributed by atoms with Crippen LogP contribution in [0.3, 0.4) is 0 Å². The standard InChI is InChI=1S/C21H23N7/c22-12-18-5-8-21(11-19(18)14-26-9-1-2-10-26)28(27-15-24-25-16-27)13-17-3-6-20(23)7-4-17/h3-8,11,15-16H,1-2,9-10,13-14,23H2. The van der Waals surface area contributed by atoms with Gasteiger partial charge in [0.25, 0.3) is 0 Å². The van der Waals surface area contributed by atoms with Gasteiger partial charge in [-0.25, -0.2) is 4.68 Å². The van der Waals surface area contributed by atoms with Crippen LogP contribution in [0.2, 0.25) is 0 Å². The van der Waals surface area contributed by atoms with Crippen molar-refractivity contribution in [3.05, 3.63) is 71.8 Å². The van der Waals surface area contributed by atoms with E-state index in [-0.39, 0.29) is 0 Å². The number of nitriles is 1. The van der Waals surface area contributed by atoms with Gasteiger partial charge in [-0.05, 0) is 67.4 Å². The quantitative estimate of drug-likeness (QED) is 0.669. The van der Waals surface area contributed by atoms with Crippen LogP contribution in [-0.2, 0) is 13.1 Å². The second-order valence-electron chi connectivity index (χ2n) is 7.08. The minimum absolute atomic E-state index is 0.632. The average molecular weight is 373 g/mol. The van der Waals surface area contributed by atoms with Crippen molar-refractivity contribution in [2.45, 2.75) is 25.9 Å². The molecule has 2 heterocycles. The molecule has 4 rings (SSSR count). The summed E-state index contributed by atoms with van der Waals surface area (Å²) in [6.07, 6.45) is 5.81. The highest BCUT2D eigenvalue weighted by molar-refractivity contribution is 5.54. The number of hydrogen-bond donors (Lipinski definition) is 1. The molecule has 7 heteroatoms. The Bertz CT molecular complexity index is 951. The molecule has 1 saturated heterocycles. The first-order valence-electron chi connectivity index (χ1n) is 9.45. The molecule has 0 spiro atoms. The molecule has 2 N–H and O–H groups in total. The van der Waals surface area contributed by atoms with E-state index in [1.807, 2.05) is 41.1 Å². The summed E-state index contributed by atoms with van der Waals surface area (Å²) in [7, 11) is 0. The topological polar surface area (TPSA) is 87.0 Å². The summed E-state index contributed by atoms with van der Waals surface area (Å²) < 4.78 is 1.86. The molecule has 0 amide bonds. The predicted molar refractivity (Wildman–Crippen MR) is 108 cm³/mol. The first-order chi connectivity index (χ1) is 13.7. The molecule has 0 bridgehead atoms. The largest absolute Gasteiger partial charge is 0.399 e. The van der Waals surface area contributed by atoms with Gasteiger partial charge in [0, 0.05) is 12.2 Å². The SMILES string of the molecule is N#Cc1ccc(N(Cc2ccc(N)cc2)n2cnnc2)cc1CN1CCCC1. The van der Waals surface area contributed by atoms with Crippen molar-refractivity contribution < 1.29 is 0 Å². The van der Waals surface area contributed by atoms with Crippen LogP contribution < -0.4 is 10.7 Å². The second-order valence-corrected chi connectivity index (χ2v) is 7.08. The first-order valence-corrected chi connectivity index (χ1v) is 9.45. The van der Waals surface area contributed by atoms with E-state index in [9.17, 15) is 5.26 Å². The number of benzene rings is 2. The third-order valence-electron chi connectivity index (χ3n) is 5.10. The minimum Gasteiger partial charge on any atom is -0.399 e. The number of likely N-dealkylation sites (tertiary alicyclic amines) is 1. The minimum atomic E-state index is 0.632. The van der Waals surface area contributed by atoms with Crippen molar-refractivity contribution in [3.63, 3.8) is 0 Å². The van der Waals surface area contributed by atoms with E-state index in [1.54, 1.807) is 12.7 Å². The first kappa shape index (κ1) is 18.0. The number of rotatable bonds is 6. The number of nitrogen functional groups attached to an aromatic ring is 1. The zero-order chi connectivity index (χ0) is 19.3. The number of anilines is 2. The lowest BCUT2D eigenvalue weighted by Crippen LogP contribution is -2.28. The van der Waals surface area contributed by atoms with Crippen molar-refractivity contribution in [2.75, 3.05) is 23.8 Å². The molecule has 28 heavy (non-hydrogen) atoms. The normalized spacial score (nSPS) is 14.1. The van der Waals surface area contributed by atoms with Gasteiger partial charge < -0.3 is 5.73 Å². The zero-order valence-electron chi connectivity index (χ0n) is 15.7. The highest BCUT2D eigenvalue weighted by atomic mass is 15.6. The molecule has 1 aliphatic rings. The Kier molecular flexibility index (Phi) is 5.22. The maximum atomic E-state index is 9.55. The summed E-state index contributed by atoms with van der Waals surface area (Å²) in [6.45, 7) is 3.62. The van der Waals surface area contributed by atoms with E-state index in [0.717, 1.165) is 47.7 Å². The molecule has 0 aliphatic carbocycles. The molecular formula is C21H23N7. The molecule has 2 aromatic carbocycles. The fourth-order valence-electron chi connectivity index (χ4n) is 3.58. The third kappa shape index (κ3) is 3.97. The van der Waals surface area contributed by atoms with Crippen LogP contribution in [0, 0.1) is 11.3 Å². The van der Waals surface area contributed by atoms with Gasteiger partial charge in [0.1, 0.15) is 12.7 Å². The van der Waals surface area contributed by atoms with E-state index >= 15 is 0 Å². The van der Waals surface area contributed by atoms with Crippen molar-refractivity contribution in [3.8, 4) is 6.07 Å². The smallest absolute Gasteiger partial charge is 0.139 e. The Morgan fingerprint density at radius 2 is 1.75 bits per heavy atom. The van der Waals surface area contributed by atoms with Crippen molar-refractivity contribution in [1.29, 1.82) is 5.26 Å². The van der Waals surface area contributed by atoms with Crippen LogP contribution in [-0.4, -0.2) is 32.9 Å². The summed E-state index contributed by atoms with van der Waals surface area (Å²) in [5.74, 6) is 0. The highest BCUT2D eigenvalue weighted by Gasteiger charge is 2.17. The van der Waals surface area contributed by atoms with E-state index in [1.165, 1.54) is 12.8 Å². The van der Waals surface area contributed by atoms with Gasteiger partial charge in [-0.2, -0.15) is 5.26 Å². The van der Waals surface area contributed by atoms with Gasteiger partial charge in [-0.1, -0.05) is 12.1 Å². The van der Waals surface area contributed by atoms with Gasteiger partial charge in [0.15, 0.2) is 0 Å². The molecule has 0 unspecified atom stereocenters. The van der Waals surface area contributed by atoms with Crippen molar-refractivity contribution >= 4 is 11.4 Å². The number of hydrogen-bond acceptors (Lipinski definition) is 6. The van der Waals surface area contributed by atoms with Gasteiger partial charge in [0.2, 0.25) is 0 Å². The Hall–Kier alpha value is -3.37. The Morgan fingerprint density at radius 1 is 1.04 bits per heavy atom. The number of nitrogens with zero attached hydrogens (tertiary/aromatic N) is 6. The van der Waals surface area contributed by atoms with Crippen LogP contribution in [0.25, 0.3) is 0 Å². The molecule has 7 nitrogen and oxygen atoms in total. The van der Waals surface area contributed by atoms with Gasteiger partial charge >= 0.3 is 0 Å². The van der Waals surface area contributed by atoms with Crippen LogP contribution in [0.5, 0.6) is 0 Å². The van der Waals surface area contributed by atoms with Gasteiger partial charge in [0.05, 0.1) is 23.9 Å². The van der Waals surface area contributed by atoms with E-state index in [2.05, 4.69) is 32.2 Å². The Labute approximate surface area is 164 Å². The highest BCUT2D eigenvalue weighted by Crippen LogP contribution is 2.24. The molecule has 1 aliphatic heterocycles. The van der Waals surface area contributed by atoms with Crippen LogP contribution in [0.1, 0.15) is 29.5 Å². The molecule has 1 aromatic heterocycles. The number of aromatic nitrogens is 3. The maximum Gasteiger partial charge on any atom is 0.139 e. The van der Waals surface area contributed by atoms with Crippen molar-refractivity contribution in [2.24, 2.45) is 0 Å². The van der Waals surface area contributed by atoms with Crippen LogP contribution in [0.4, 0.5) is 11.4 Å². The molecule has 1 fully saturated rings. The summed E-state index contributed by atoms with van der Waals surface area (Å²) in [4.78, 5) is 2.41. The number of nitrogens with two attached hydrogens (primary N) is 1. The van der Waals surface area contributed by atoms with Crippen LogP contribution >= 0.6 is 0 Å². The fraction of sp³-hybridized carbons (Fsp3) is 0.286. The summed E-state index contributed by atoms with van der Waals surface area (Å²) in [6, 6.07) is 16.2. The van der Waals surface area contributed by atoms with Crippen LogP contribution in [0.15, 0.2) is 55.1 Å². The monoisotopic (exact) mass is 373 g/mol. The molecular weight excluding hydrogens is 350 g/mol. The molecule has 0 saturated carbocycles. The lowest BCUT2D eigenvalue weighted by molar-refractivity contribution is 0.331. The zero-order valence-corrected chi connectivity index (χ0v) is 15.7. The third-order valence-corrected chi connectivity index (χ3v) is 5.10. The molecule has 142 valence electrons. The predicted octanol–water partition coefficient (Wildman–Crippen LogP) is 2.80. The Morgan fingerprint density at radius 3 is 2.43 bits per heavy atom. The van der Waals surface area contributed by atoms with E-state index in [0.29, 0.717) is 6.54 Å². The lowest BCUT2D eigenvalue weighted by atomic mass is 10.1. The van der Waals surface area contributed by atoms with Crippen molar-refractivity contribution in [1.82, 2.24) is 19.8 Å². The fourth-order valence-corrected chi connectivity index (χ4v) is 3.58. The second kappa shape index (κ2) is 8.11. The van der Waals surface area contributed by atoms with E-state index < -0.39 is 0 Å². The average Bonchev–Trinajstić information content (AvgIpc) is 3.42. The molecule has 0 atom stereocenters.